The van der Waals surface area contributed by atoms with Gasteiger partial charge >= 0.3 is 0 Å². The topological polar surface area (TPSA) is 16.4 Å². The molecule has 0 spiro atoms. The summed E-state index contributed by atoms with van der Waals surface area (Å²) in [7, 11) is 0. The maximum atomic E-state index is 6.92. The van der Waals surface area contributed by atoms with E-state index in [0.29, 0.717) is 0 Å². The zero-order valence-corrected chi connectivity index (χ0v) is 34.5. The summed E-state index contributed by atoms with van der Waals surface area (Å²) in [6.07, 6.45) is 0. The molecular formula is C61H41NO. The van der Waals surface area contributed by atoms with Crippen molar-refractivity contribution < 1.29 is 4.42 Å². The summed E-state index contributed by atoms with van der Waals surface area (Å²) >= 11 is 0. The van der Waals surface area contributed by atoms with Gasteiger partial charge in [-0.05, 0) is 110 Å². The predicted octanol–water partition coefficient (Wildman–Crippen LogP) is 16.4. The highest BCUT2D eigenvalue weighted by Crippen LogP contribution is 2.57. The van der Waals surface area contributed by atoms with E-state index in [9.17, 15) is 0 Å². The van der Waals surface area contributed by atoms with E-state index in [1.54, 1.807) is 0 Å². The fourth-order valence-electron chi connectivity index (χ4n) is 10.2. The second-order valence-corrected chi connectivity index (χ2v) is 16.4. The smallest absolute Gasteiger partial charge is 0.143 e. The average molecular weight is 804 g/mol. The molecule has 63 heavy (non-hydrogen) atoms. The summed E-state index contributed by atoms with van der Waals surface area (Å²) in [4.78, 5) is 2.42. The van der Waals surface area contributed by atoms with E-state index >= 15 is 0 Å². The average Bonchev–Trinajstić information content (AvgIpc) is 3.89. The van der Waals surface area contributed by atoms with Crippen LogP contribution in [0.1, 0.15) is 22.3 Å². The third-order valence-electron chi connectivity index (χ3n) is 12.9. The number of rotatable bonds is 8. The summed E-state index contributed by atoms with van der Waals surface area (Å²) in [6.45, 7) is 0. The van der Waals surface area contributed by atoms with Gasteiger partial charge in [0.2, 0.25) is 0 Å². The highest BCUT2D eigenvalue weighted by molar-refractivity contribution is 6.17. The second kappa shape index (κ2) is 15.1. The van der Waals surface area contributed by atoms with E-state index in [0.717, 1.165) is 66.8 Å². The lowest BCUT2D eigenvalue weighted by molar-refractivity contribution is 0.670. The highest BCUT2D eigenvalue weighted by Gasteiger charge is 2.46. The largest absolute Gasteiger partial charge is 0.455 e. The molecule has 0 fully saturated rings. The van der Waals surface area contributed by atoms with Crippen LogP contribution in [0.25, 0.3) is 66.4 Å². The lowest BCUT2D eigenvalue weighted by Gasteiger charge is -2.35. The van der Waals surface area contributed by atoms with Gasteiger partial charge in [0, 0.05) is 33.4 Å². The molecule has 0 saturated carbocycles. The first kappa shape index (κ1) is 36.6. The Morgan fingerprint density at radius 1 is 0.317 bits per heavy atom. The second-order valence-electron chi connectivity index (χ2n) is 16.4. The first-order valence-electron chi connectivity index (χ1n) is 21.7. The molecule has 0 saturated heterocycles. The number of fused-ring (bicyclic) bond motifs is 6. The van der Waals surface area contributed by atoms with Crippen LogP contribution in [0.15, 0.2) is 253 Å². The van der Waals surface area contributed by atoms with Crippen molar-refractivity contribution in [2.24, 2.45) is 0 Å². The van der Waals surface area contributed by atoms with E-state index < -0.39 is 5.41 Å². The van der Waals surface area contributed by atoms with Crippen LogP contribution in [-0.4, -0.2) is 0 Å². The van der Waals surface area contributed by atoms with Crippen molar-refractivity contribution in [3.63, 3.8) is 0 Å². The molecule has 1 aromatic heterocycles. The van der Waals surface area contributed by atoms with Crippen molar-refractivity contribution in [2.75, 3.05) is 4.90 Å². The Hall–Kier alpha value is -8.20. The Morgan fingerprint density at radius 2 is 0.810 bits per heavy atom. The number of nitrogens with zero attached hydrogens (tertiary/aromatic N) is 1. The number of furan rings is 1. The van der Waals surface area contributed by atoms with Crippen molar-refractivity contribution in [3.05, 3.63) is 271 Å². The third-order valence-corrected chi connectivity index (χ3v) is 12.9. The van der Waals surface area contributed by atoms with Crippen LogP contribution in [0.4, 0.5) is 17.1 Å². The molecule has 1 heterocycles. The first-order valence-corrected chi connectivity index (χ1v) is 21.7. The Balaban J connectivity index is 1.12. The molecule has 296 valence electrons. The Morgan fingerprint density at radius 3 is 1.48 bits per heavy atom. The van der Waals surface area contributed by atoms with Gasteiger partial charge in [0.15, 0.2) is 0 Å². The van der Waals surface area contributed by atoms with Crippen molar-refractivity contribution in [1.29, 1.82) is 0 Å². The fraction of sp³-hybridized carbons (Fsp3) is 0.0164. The van der Waals surface area contributed by atoms with Gasteiger partial charge in [-0.1, -0.05) is 200 Å². The molecule has 1 aliphatic carbocycles. The minimum Gasteiger partial charge on any atom is -0.455 e. The van der Waals surface area contributed by atoms with Crippen LogP contribution in [-0.2, 0) is 5.41 Å². The number of anilines is 3. The zero-order valence-electron chi connectivity index (χ0n) is 34.5. The summed E-state index contributed by atoms with van der Waals surface area (Å²) in [5, 5.41) is 2.17. The number of hydrogen-bond acceptors (Lipinski definition) is 2. The van der Waals surface area contributed by atoms with Crippen LogP contribution in [0.3, 0.4) is 0 Å². The van der Waals surface area contributed by atoms with E-state index in [4.69, 9.17) is 4.42 Å². The van der Waals surface area contributed by atoms with Gasteiger partial charge in [0.25, 0.3) is 0 Å². The normalized spacial score (nSPS) is 12.6. The minimum atomic E-state index is -0.537. The molecule has 2 nitrogen and oxygen atoms in total. The van der Waals surface area contributed by atoms with Crippen molar-refractivity contribution in [3.8, 4) is 44.5 Å². The van der Waals surface area contributed by atoms with Gasteiger partial charge in [-0.2, -0.15) is 0 Å². The monoisotopic (exact) mass is 803 g/mol. The fourth-order valence-corrected chi connectivity index (χ4v) is 10.2. The standard InChI is InChI=1S/C61H41NO/c1-5-19-42(20-6-1)45-25-17-29-48(39-45)62(49-30-18-28-47(40-49)61(46-26-11-4-12-27-46)56-33-15-13-31-53(56)54-32-14-16-34-57(54)61)50-35-38-58-55(41-50)59-51(43-21-7-2-8-22-43)36-37-52(60(59)63-58)44-23-9-3-10-24-44/h1-41H. The first-order chi connectivity index (χ1) is 31.3. The molecule has 12 rings (SSSR count). The maximum absolute atomic E-state index is 6.92. The number of benzene rings is 10. The molecule has 0 amide bonds. The predicted molar refractivity (Wildman–Crippen MR) is 262 cm³/mol. The van der Waals surface area contributed by atoms with Crippen LogP contribution < -0.4 is 4.90 Å². The van der Waals surface area contributed by atoms with E-state index in [1.807, 2.05) is 0 Å². The summed E-state index contributed by atoms with van der Waals surface area (Å²) < 4.78 is 6.92. The maximum Gasteiger partial charge on any atom is 0.143 e. The molecule has 0 atom stereocenters. The lowest BCUT2D eigenvalue weighted by atomic mass is 9.67. The van der Waals surface area contributed by atoms with Crippen molar-refractivity contribution in [1.82, 2.24) is 0 Å². The highest BCUT2D eigenvalue weighted by atomic mass is 16.3. The van der Waals surface area contributed by atoms with Gasteiger partial charge in [0.1, 0.15) is 11.2 Å². The molecule has 0 N–H and O–H groups in total. The molecule has 2 heteroatoms. The Labute approximate surface area is 367 Å². The summed E-state index contributed by atoms with van der Waals surface area (Å²) in [6, 6.07) is 90.1. The molecule has 0 aliphatic heterocycles. The Kier molecular flexibility index (Phi) is 8.76. The number of hydrogen-bond donors (Lipinski definition) is 0. The molecule has 10 aromatic carbocycles. The van der Waals surface area contributed by atoms with E-state index in [1.165, 1.54) is 38.9 Å². The molecule has 0 bridgehead atoms. The lowest BCUT2D eigenvalue weighted by Crippen LogP contribution is -2.28. The van der Waals surface area contributed by atoms with Crippen LogP contribution in [0.5, 0.6) is 0 Å². The molecule has 0 unspecified atom stereocenters. The SMILES string of the molecule is c1ccc(-c2cccc(N(c3cccc(C4(c5ccccc5)c5ccccc5-c5ccccc54)c3)c3ccc4oc5c(-c6ccccc6)ccc(-c6ccccc6)c5c4c3)c2)cc1. The molecule has 1 aliphatic rings. The third kappa shape index (κ3) is 5.95. The van der Waals surface area contributed by atoms with Gasteiger partial charge in [-0.25, -0.2) is 0 Å². The molecule has 0 radical (unpaired) electrons. The van der Waals surface area contributed by atoms with E-state index in [2.05, 4.69) is 254 Å². The summed E-state index contributed by atoms with van der Waals surface area (Å²) in [5.41, 5.74) is 18.8. The summed E-state index contributed by atoms with van der Waals surface area (Å²) in [5.74, 6) is 0. The van der Waals surface area contributed by atoms with Gasteiger partial charge in [-0.3, -0.25) is 0 Å². The van der Waals surface area contributed by atoms with Crippen LogP contribution in [0, 0.1) is 0 Å². The Bertz CT molecular complexity index is 3400. The molecular weight excluding hydrogens is 763 g/mol. The van der Waals surface area contributed by atoms with E-state index in [-0.39, 0.29) is 0 Å². The van der Waals surface area contributed by atoms with Gasteiger partial charge in [-0.15, -0.1) is 0 Å². The zero-order chi connectivity index (χ0) is 41.7. The van der Waals surface area contributed by atoms with Crippen molar-refractivity contribution in [2.45, 2.75) is 5.41 Å². The van der Waals surface area contributed by atoms with Crippen LogP contribution >= 0.6 is 0 Å². The molecule has 11 aromatic rings. The van der Waals surface area contributed by atoms with Gasteiger partial charge in [0.05, 0.1) is 5.41 Å². The van der Waals surface area contributed by atoms with Crippen molar-refractivity contribution >= 4 is 39.0 Å². The quantitative estimate of drug-likeness (QED) is 0.152. The van der Waals surface area contributed by atoms with Crippen LogP contribution in [0.2, 0.25) is 0 Å². The van der Waals surface area contributed by atoms with Gasteiger partial charge < -0.3 is 9.32 Å². The minimum absolute atomic E-state index is 0.537.